The lowest BCUT2D eigenvalue weighted by Gasteiger charge is -2.18. The third-order valence-corrected chi connectivity index (χ3v) is 4.99. The maximum absolute atomic E-state index is 12.2. The molecule has 4 nitrogen and oxygen atoms in total. The van der Waals surface area contributed by atoms with Crippen molar-refractivity contribution in [3.63, 3.8) is 0 Å². The summed E-state index contributed by atoms with van der Waals surface area (Å²) in [7, 11) is 0. The third kappa shape index (κ3) is 3.96. The van der Waals surface area contributed by atoms with Gasteiger partial charge in [-0.2, -0.15) is 0 Å². The highest BCUT2D eigenvalue weighted by Crippen LogP contribution is 2.37. The van der Waals surface area contributed by atoms with Crippen molar-refractivity contribution in [1.82, 2.24) is 4.90 Å². The topological polar surface area (TPSA) is 49.4 Å². The number of amides is 2. The number of hydrogen-bond acceptors (Lipinski definition) is 2. The van der Waals surface area contributed by atoms with E-state index < -0.39 is 0 Å². The number of nitrogens with one attached hydrogen (secondary N) is 1. The predicted molar refractivity (Wildman–Crippen MR) is 105 cm³/mol. The van der Waals surface area contributed by atoms with Crippen LogP contribution in [0.15, 0.2) is 42.5 Å². The molecular formula is C22H26N2O2. The zero-order valence-corrected chi connectivity index (χ0v) is 15.5. The van der Waals surface area contributed by atoms with Crippen molar-refractivity contribution in [2.24, 2.45) is 0 Å². The normalized spacial score (nSPS) is 11.6. The maximum Gasteiger partial charge on any atom is 0.224 e. The van der Waals surface area contributed by atoms with Crippen molar-refractivity contribution in [3.05, 3.63) is 53.6 Å². The van der Waals surface area contributed by atoms with E-state index in [1.807, 2.05) is 19.9 Å². The molecule has 0 fully saturated rings. The van der Waals surface area contributed by atoms with Crippen LogP contribution in [0.5, 0.6) is 0 Å². The molecule has 3 rings (SSSR count). The minimum atomic E-state index is -0.0344. The summed E-state index contributed by atoms with van der Waals surface area (Å²) >= 11 is 0. The largest absolute Gasteiger partial charge is 0.343 e. The summed E-state index contributed by atoms with van der Waals surface area (Å²) in [6.07, 6.45) is 2.28. The van der Waals surface area contributed by atoms with Crippen LogP contribution in [0.3, 0.4) is 0 Å². The zero-order valence-electron chi connectivity index (χ0n) is 15.5. The van der Waals surface area contributed by atoms with Crippen LogP contribution in [0, 0.1) is 0 Å². The maximum atomic E-state index is 12.2. The fourth-order valence-electron chi connectivity index (χ4n) is 3.58. The van der Waals surface area contributed by atoms with E-state index in [2.05, 4.69) is 41.7 Å². The molecule has 0 aliphatic heterocycles. The molecule has 0 unspecified atom stereocenters. The fourth-order valence-corrected chi connectivity index (χ4v) is 3.58. The predicted octanol–water partition coefficient (Wildman–Crippen LogP) is 4.24. The first kappa shape index (κ1) is 18.2. The van der Waals surface area contributed by atoms with Gasteiger partial charge < -0.3 is 10.2 Å². The molecule has 1 aliphatic rings. The van der Waals surface area contributed by atoms with Gasteiger partial charge in [-0.05, 0) is 61.1 Å². The van der Waals surface area contributed by atoms with Crippen LogP contribution in [0.4, 0.5) is 5.69 Å². The summed E-state index contributed by atoms with van der Waals surface area (Å²) in [4.78, 5) is 26.0. The molecule has 2 amide bonds. The standard InChI is InChI=1S/C22H26N2O2/c1-3-24(4-2)22(26)11-7-10-21(25)23-18-12-13-20-17(15-18)14-16-8-5-6-9-19(16)20/h5-6,8-9,12-13,15H,3-4,7,10-11,14H2,1-2H3,(H,23,25). The molecule has 0 heterocycles. The number of fused-ring (bicyclic) bond motifs is 3. The average Bonchev–Trinajstić information content (AvgIpc) is 3.00. The Kier molecular flexibility index (Phi) is 5.71. The molecular weight excluding hydrogens is 324 g/mol. The van der Waals surface area contributed by atoms with Crippen molar-refractivity contribution in [3.8, 4) is 11.1 Å². The van der Waals surface area contributed by atoms with Gasteiger partial charge in [0, 0.05) is 31.6 Å². The first-order chi connectivity index (χ1) is 12.6. The van der Waals surface area contributed by atoms with E-state index in [0.717, 1.165) is 25.2 Å². The molecule has 2 aromatic rings. The number of benzene rings is 2. The Bertz CT molecular complexity index is 810. The Labute approximate surface area is 155 Å². The number of anilines is 1. The van der Waals surface area contributed by atoms with Gasteiger partial charge in [0.25, 0.3) is 0 Å². The fraction of sp³-hybridized carbons (Fsp3) is 0.364. The second-order valence-electron chi connectivity index (χ2n) is 6.67. The lowest BCUT2D eigenvalue weighted by Crippen LogP contribution is -2.30. The van der Waals surface area contributed by atoms with Crippen molar-refractivity contribution in [2.45, 2.75) is 39.5 Å². The highest BCUT2D eigenvalue weighted by molar-refractivity contribution is 5.92. The van der Waals surface area contributed by atoms with Gasteiger partial charge in [-0.15, -0.1) is 0 Å². The summed E-state index contributed by atoms with van der Waals surface area (Å²) in [5.41, 5.74) is 5.96. The van der Waals surface area contributed by atoms with Crippen LogP contribution < -0.4 is 5.32 Å². The minimum Gasteiger partial charge on any atom is -0.343 e. The van der Waals surface area contributed by atoms with E-state index in [1.54, 1.807) is 4.90 Å². The molecule has 0 bridgehead atoms. The van der Waals surface area contributed by atoms with Crippen LogP contribution in [0.2, 0.25) is 0 Å². The second kappa shape index (κ2) is 8.17. The average molecular weight is 350 g/mol. The van der Waals surface area contributed by atoms with Gasteiger partial charge in [-0.1, -0.05) is 30.3 Å². The monoisotopic (exact) mass is 350 g/mol. The molecule has 0 saturated heterocycles. The summed E-state index contributed by atoms with van der Waals surface area (Å²) in [6.45, 7) is 5.39. The van der Waals surface area contributed by atoms with Crippen LogP contribution in [0.25, 0.3) is 11.1 Å². The highest BCUT2D eigenvalue weighted by atomic mass is 16.2. The van der Waals surface area contributed by atoms with Gasteiger partial charge >= 0.3 is 0 Å². The van der Waals surface area contributed by atoms with E-state index in [4.69, 9.17) is 0 Å². The van der Waals surface area contributed by atoms with Crippen LogP contribution in [-0.2, 0) is 16.0 Å². The molecule has 4 heteroatoms. The van der Waals surface area contributed by atoms with Crippen LogP contribution >= 0.6 is 0 Å². The first-order valence-electron chi connectivity index (χ1n) is 9.41. The van der Waals surface area contributed by atoms with Gasteiger partial charge in [0.2, 0.25) is 11.8 Å². The Morgan fingerprint density at radius 3 is 2.46 bits per heavy atom. The van der Waals surface area contributed by atoms with Crippen LogP contribution in [-0.4, -0.2) is 29.8 Å². The minimum absolute atomic E-state index is 0.0344. The van der Waals surface area contributed by atoms with Gasteiger partial charge in [0.05, 0.1) is 0 Å². The lowest BCUT2D eigenvalue weighted by atomic mass is 10.1. The molecule has 0 aromatic heterocycles. The van der Waals surface area contributed by atoms with E-state index >= 15 is 0 Å². The number of nitrogens with zero attached hydrogens (tertiary/aromatic N) is 1. The van der Waals surface area contributed by atoms with Crippen molar-refractivity contribution < 1.29 is 9.59 Å². The molecule has 2 aromatic carbocycles. The molecule has 1 N–H and O–H groups in total. The van der Waals surface area contributed by atoms with Gasteiger partial charge in [-0.25, -0.2) is 0 Å². The quantitative estimate of drug-likeness (QED) is 0.693. The molecule has 0 atom stereocenters. The summed E-state index contributed by atoms with van der Waals surface area (Å²) in [5.74, 6) is 0.0888. The lowest BCUT2D eigenvalue weighted by molar-refractivity contribution is -0.130. The Hall–Kier alpha value is -2.62. The number of rotatable bonds is 7. The van der Waals surface area contributed by atoms with E-state index in [9.17, 15) is 9.59 Å². The molecule has 0 spiro atoms. The van der Waals surface area contributed by atoms with Gasteiger partial charge in [0.1, 0.15) is 0 Å². The molecule has 1 aliphatic carbocycles. The number of hydrogen-bond donors (Lipinski definition) is 1. The van der Waals surface area contributed by atoms with Crippen molar-refractivity contribution in [2.75, 3.05) is 18.4 Å². The highest BCUT2D eigenvalue weighted by Gasteiger charge is 2.18. The smallest absolute Gasteiger partial charge is 0.224 e. The van der Waals surface area contributed by atoms with Crippen LogP contribution in [0.1, 0.15) is 44.2 Å². The van der Waals surface area contributed by atoms with Crippen molar-refractivity contribution in [1.29, 1.82) is 0 Å². The SMILES string of the molecule is CCN(CC)C(=O)CCCC(=O)Nc1ccc2c(c1)Cc1ccccc1-2. The summed E-state index contributed by atoms with van der Waals surface area (Å²) in [5, 5.41) is 2.97. The molecule has 136 valence electrons. The van der Waals surface area contributed by atoms with E-state index in [1.165, 1.54) is 22.3 Å². The first-order valence-corrected chi connectivity index (χ1v) is 9.41. The molecule has 0 radical (unpaired) electrons. The van der Waals surface area contributed by atoms with Gasteiger partial charge in [-0.3, -0.25) is 9.59 Å². The van der Waals surface area contributed by atoms with E-state index in [0.29, 0.717) is 19.3 Å². The molecule has 0 saturated carbocycles. The Morgan fingerprint density at radius 1 is 0.962 bits per heavy atom. The second-order valence-corrected chi connectivity index (χ2v) is 6.67. The zero-order chi connectivity index (χ0) is 18.5. The summed E-state index contributed by atoms with van der Waals surface area (Å²) < 4.78 is 0. The molecule has 26 heavy (non-hydrogen) atoms. The summed E-state index contributed by atoms with van der Waals surface area (Å²) in [6, 6.07) is 14.5. The van der Waals surface area contributed by atoms with Crippen molar-refractivity contribution >= 4 is 17.5 Å². The Balaban J connectivity index is 1.53. The third-order valence-electron chi connectivity index (χ3n) is 4.99. The number of carbonyl (C=O) groups excluding carboxylic acids is 2. The Morgan fingerprint density at radius 2 is 1.69 bits per heavy atom. The van der Waals surface area contributed by atoms with Gasteiger partial charge in [0.15, 0.2) is 0 Å². The number of carbonyl (C=O) groups is 2. The van der Waals surface area contributed by atoms with E-state index in [-0.39, 0.29) is 11.8 Å².